The van der Waals surface area contributed by atoms with Crippen LogP contribution in [-0.4, -0.2) is 24.1 Å². The molecule has 3 aromatic heterocycles. The molecule has 1 N–H and O–H groups in total. The summed E-state index contributed by atoms with van der Waals surface area (Å²) in [4.78, 5) is 7.23. The van der Waals surface area contributed by atoms with Gasteiger partial charge in [0, 0.05) is 17.8 Å². The number of halogens is 1. The van der Waals surface area contributed by atoms with Crippen LogP contribution in [0.5, 0.6) is 0 Å². The van der Waals surface area contributed by atoms with Crippen LogP contribution in [0.2, 0.25) is 4.34 Å². The summed E-state index contributed by atoms with van der Waals surface area (Å²) in [5.74, 6) is 0.0612. The quantitative estimate of drug-likeness (QED) is 0.800. The van der Waals surface area contributed by atoms with E-state index in [1.54, 1.807) is 18.3 Å². The molecule has 20 heavy (non-hydrogen) atoms. The van der Waals surface area contributed by atoms with Crippen molar-refractivity contribution < 1.29 is 8.42 Å². The van der Waals surface area contributed by atoms with Gasteiger partial charge in [-0.1, -0.05) is 11.6 Å². The summed E-state index contributed by atoms with van der Waals surface area (Å²) >= 11 is 6.88. The first-order chi connectivity index (χ1) is 9.56. The molecule has 3 aromatic rings. The van der Waals surface area contributed by atoms with E-state index in [1.807, 2.05) is 18.3 Å². The Labute approximate surface area is 125 Å². The van der Waals surface area contributed by atoms with Crippen molar-refractivity contribution in [2.24, 2.45) is 0 Å². The molecular weight excluding hydrogens is 316 g/mol. The van der Waals surface area contributed by atoms with Gasteiger partial charge in [-0.2, -0.15) is 0 Å². The number of sulfone groups is 1. The van der Waals surface area contributed by atoms with Crippen molar-refractivity contribution in [1.82, 2.24) is 9.97 Å². The molecular formula is C13H11ClN2O2S2. The molecule has 4 nitrogen and oxygen atoms in total. The van der Waals surface area contributed by atoms with E-state index in [4.69, 9.17) is 11.6 Å². The maximum Gasteiger partial charge on any atom is 0.188 e. The summed E-state index contributed by atoms with van der Waals surface area (Å²) in [7, 11) is -3.28. The summed E-state index contributed by atoms with van der Waals surface area (Å²) in [5, 5.41) is 0.965. The standard InChI is InChI=1S/C13H11ClN2O2S2/c14-11-3-4-12(19-11)20(17,18)7-5-9-8-16-13-10(9)2-1-6-15-13/h1-4,6,8H,5,7H2,(H,15,16). The van der Waals surface area contributed by atoms with E-state index in [9.17, 15) is 8.42 Å². The smallest absolute Gasteiger partial charge is 0.188 e. The molecule has 104 valence electrons. The first kappa shape index (κ1) is 13.6. The van der Waals surface area contributed by atoms with Crippen LogP contribution in [0, 0.1) is 0 Å². The molecule has 7 heteroatoms. The number of hydrogen-bond acceptors (Lipinski definition) is 4. The van der Waals surface area contributed by atoms with E-state index < -0.39 is 9.84 Å². The number of fused-ring (bicyclic) bond motifs is 1. The van der Waals surface area contributed by atoms with Crippen LogP contribution in [0.1, 0.15) is 5.56 Å². The first-order valence-corrected chi connectivity index (χ1v) is 8.80. The number of aromatic amines is 1. The Balaban J connectivity index is 1.83. The average Bonchev–Trinajstić information content (AvgIpc) is 3.03. The lowest BCUT2D eigenvalue weighted by molar-refractivity contribution is 0.597. The second-order valence-electron chi connectivity index (χ2n) is 4.34. The highest BCUT2D eigenvalue weighted by Crippen LogP contribution is 2.27. The Morgan fingerprint density at radius 3 is 2.90 bits per heavy atom. The van der Waals surface area contributed by atoms with Crippen molar-refractivity contribution in [2.45, 2.75) is 10.6 Å². The number of hydrogen-bond donors (Lipinski definition) is 1. The number of nitrogens with one attached hydrogen (secondary N) is 1. The maximum absolute atomic E-state index is 12.2. The normalized spacial score (nSPS) is 12.1. The van der Waals surface area contributed by atoms with Crippen LogP contribution in [0.15, 0.2) is 40.9 Å². The van der Waals surface area contributed by atoms with Gasteiger partial charge in [-0.15, -0.1) is 11.3 Å². The highest BCUT2D eigenvalue weighted by atomic mass is 35.5. The van der Waals surface area contributed by atoms with E-state index in [-0.39, 0.29) is 5.75 Å². The summed E-state index contributed by atoms with van der Waals surface area (Å²) in [6.07, 6.45) is 3.96. The second kappa shape index (κ2) is 5.20. The summed E-state index contributed by atoms with van der Waals surface area (Å²) in [5.41, 5.74) is 1.73. The number of aromatic nitrogens is 2. The largest absolute Gasteiger partial charge is 0.346 e. The van der Waals surface area contributed by atoms with Gasteiger partial charge in [0.2, 0.25) is 0 Å². The molecule has 0 radical (unpaired) electrons. The molecule has 0 aliphatic rings. The van der Waals surface area contributed by atoms with E-state index in [0.717, 1.165) is 27.9 Å². The Kier molecular flexibility index (Phi) is 3.54. The lowest BCUT2D eigenvalue weighted by atomic mass is 10.2. The summed E-state index contributed by atoms with van der Waals surface area (Å²) in [6, 6.07) is 6.93. The third kappa shape index (κ3) is 2.59. The van der Waals surface area contributed by atoms with Gasteiger partial charge in [0.05, 0.1) is 10.1 Å². The predicted molar refractivity (Wildman–Crippen MR) is 81.2 cm³/mol. The minimum absolute atomic E-state index is 0.0612. The van der Waals surface area contributed by atoms with Crippen molar-refractivity contribution in [1.29, 1.82) is 0 Å². The predicted octanol–water partition coefficient (Wildman–Crippen LogP) is 3.29. The van der Waals surface area contributed by atoms with Crippen LogP contribution in [0.3, 0.4) is 0 Å². The summed E-state index contributed by atoms with van der Waals surface area (Å²) < 4.78 is 25.2. The van der Waals surface area contributed by atoms with E-state index in [1.165, 1.54) is 0 Å². The topological polar surface area (TPSA) is 62.8 Å². The number of H-pyrrole nitrogens is 1. The molecule has 3 heterocycles. The van der Waals surface area contributed by atoms with E-state index >= 15 is 0 Å². The number of nitrogens with zero attached hydrogens (tertiary/aromatic N) is 1. The Hall–Kier alpha value is -1.37. The molecule has 0 aliphatic heterocycles. The number of thiophene rings is 1. The fourth-order valence-corrected chi connectivity index (χ4v) is 4.94. The van der Waals surface area contributed by atoms with Crippen molar-refractivity contribution in [2.75, 3.05) is 5.75 Å². The van der Waals surface area contributed by atoms with Gasteiger partial charge in [-0.25, -0.2) is 13.4 Å². The molecule has 0 unspecified atom stereocenters. The molecule has 0 spiro atoms. The zero-order valence-electron chi connectivity index (χ0n) is 10.3. The molecule has 0 aliphatic carbocycles. The van der Waals surface area contributed by atoms with Gasteiger partial charge in [-0.3, -0.25) is 0 Å². The maximum atomic E-state index is 12.2. The van der Waals surface area contributed by atoms with Gasteiger partial charge in [-0.05, 0) is 36.2 Å². The fraction of sp³-hybridized carbons (Fsp3) is 0.154. The van der Waals surface area contributed by atoms with Crippen LogP contribution >= 0.6 is 22.9 Å². The number of aryl methyl sites for hydroxylation is 1. The van der Waals surface area contributed by atoms with Crippen LogP contribution < -0.4 is 0 Å². The minimum atomic E-state index is -3.28. The Morgan fingerprint density at radius 2 is 2.15 bits per heavy atom. The zero-order chi connectivity index (χ0) is 14.2. The van der Waals surface area contributed by atoms with Gasteiger partial charge < -0.3 is 4.98 Å². The molecule has 0 bridgehead atoms. The SMILES string of the molecule is O=S(=O)(CCc1c[nH]c2ncccc12)c1ccc(Cl)s1. The molecule has 0 saturated carbocycles. The fourth-order valence-electron chi connectivity index (χ4n) is 2.03. The highest BCUT2D eigenvalue weighted by molar-refractivity contribution is 7.93. The third-order valence-electron chi connectivity index (χ3n) is 3.03. The van der Waals surface area contributed by atoms with Crippen molar-refractivity contribution in [3.8, 4) is 0 Å². The molecule has 0 amide bonds. The van der Waals surface area contributed by atoms with Gasteiger partial charge in [0.25, 0.3) is 0 Å². The van der Waals surface area contributed by atoms with Crippen LogP contribution in [0.4, 0.5) is 0 Å². The van der Waals surface area contributed by atoms with E-state index in [2.05, 4.69) is 9.97 Å². The molecule has 0 aromatic carbocycles. The Morgan fingerprint density at radius 1 is 1.30 bits per heavy atom. The molecule has 0 fully saturated rings. The van der Waals surface area contributed by atoms with Gasteiger partial charge >= 0.3 is 0 Å². The molecule has 3 rings (SSSR count). The number of rotatable bonds is 4. The monoisotopic (exact) mass is 326 g/mol. The second-order valence-corrected chi connectivity index (χ2v) is 8.39. The average molecular weight is 327 g/mol. The minimum Gasteiger partial charge on any atom is -0.346 e. The van der Waals surface area contributed by atoms with Crippen molar-refractivity contribution in [3.05, 3.63) is 46.6 Å². The van der Waals surface area contributed by atoms with E-state index in [0.29, 0.717) is 15.0 Å². The zero-order valence-corrected chi connectivity index (χ0v) is 12.7. The number of pyridine rings is 1. The molecule has 0 atom stereocenters. The van der Waals surface area contributed by atoms with Crippen molar-refractivity contribution in [3.63, 3.8) is 0 Å². The van der Waals surface area contributed by atoms with Crippen LogP contribution in [0.25, 0.3) is 11.0 Å². The van der Waals surface area contributed by atoms with Gasteiger partial charge in [0.15, 0.2) is 9.84 Å². The Bertz CT molecular complexity index is 852. The first-order valence-electron chi connectivity index (χ1n) is 5.95. The summed E-state index contributed by atoms with van der Waals surface area (Å²) in [6.45, 7) is 0. The lowest BCUT2D eigenvalue weighted by Crippen LogP contribution is -2.07. The molecule has 0 saturated heterocycles. The third-order valence-corrected chi connectivity index (χ3v) is 6.56. The lowest BCUT2D eigenvalue weighted by Gasteiger charge is -2.01. The van der Waals surface area contributed by atoms with Gasteiger partial charge in [0.1, 0.15) is 9.86 Å². The van der Waals surface area contributed by atoms with Crippen molar-refractivity contribution >= 4 is 43.8 Å². The van der Waals surface area contributed by atoms with Crippen LogP contribution in [-0.2, 0) is 16.3 Å². The highest BCUT2D eigenvalue weighted by Gasteiger charge is 2.17.